The molecule has 0 amide bonds. The van der Waals surface area contributed by atoms with Crippen molar-refractivity contribution in [2.45, 2.75) is 23.9 Å². The van der Waals surface area contributed by atoms with Gasteiger partial charge in [-0.1, -0.05) is 6.92 Å². The Kier molecular flexibility index (Phi) is 5.82. The van der Waals surface area contributed by atoms with E-state index >= 15 is 0 Å². The van der Waals surface area contributed by atoms with Crippen LogP contribution in [0.25, 0.3) is 17.0 Å². The van der Waals surface area contributed by atoms with Gasteiger partial charge in [0, 0.05) is 13.2 Å². The molecule has 0 fully saturated rings. The number of aromatic nitrogens is 3. The van der Waals surface area contributed by atoms with E-state index in [9.17, 15) is 30.4 Å². The molecule has 3 aromatic heterocycles. The van der Waals surface area contributed by atoms with E-state index in [2.05, 4.69) is 15.3 Å². The van der Waals surface area contributed by atoms with E-state index in [0.717, 1.165) is 0 Å². The van der Waals surface area contributed by atoms with Crippen LogP contribution in [0.3, 0.4) is 0 Å². The van der Waals surface area contributed by atoms with Gasteiger partial charge in [0.25, 0.3) is 0 Å². The number of sulfone groups is 1. The lowest BCUT2D eigenvalue weighted by Crippen LogP contribution is -2.41. The van der Waals surface area contributed by atoms with Gasteiger partial charge in [-0.25, -0.2) is 18.4 Å². The van der Waals surface area contributed by atoms with E-state index in [1.54, 1.807) is 7.05 Å². The minimum Gasteiger partial charge on any atom is -0.485 e. The number of pyridine rings is 2. The Hall–Kier alpha value is -2.96. The Morgan fingerprint density at radius 2 is 1.87 bits per heavy atom. The number of halogens is 5. The van der Waals surface area contributed by atoms with E-state index in [0.29, 0.717) is 5.82 Å². The molecule has 3 heterocycles. The number of hydrogen-bond acceptors (Lipinski definition) is 6. The summed E-state index contributed by atoms with van der Waals surface area (Å²) in [5, 5.41) is 2.78. The molecule has 168 valence electrons. The largest absolute Gasteiger partial charge is 0.485 e. The molecule has 0 atom stereocenters. The van der Waals surface area contributed by atoms with Crippen molar-refractivity contribution in [1.82, 2.24) is 14.4 Å². The number of nitrogens with one attached hydrogen (secondary N) is 1. The monoisotopic (exact) mass is 464 g/mol. The molecule has 0 aliphatic heterocycles. The zero-order chi connectivity index (χ0) is 23.0. The van der Waals surface area contributed by atoms with Gasteiger partial charge in [0.1, 0.15) is 22.8 Å². The highest BCUT2D eigenvalue weighted by Crippen LogP contribution is 2.36. The van der Waals surface area contributed by atoms with Gasteiger partial charge in [-0.05, 0) is 24.3 Å². The molecule has 0 aliphatic carbocycles. The number of rotatable bonds is 7. The van der Waals surface area contributed by atoms with Crippen molar-refractivity contribution in [3.63, 3.8) is 0 Å². The van der Waals surface area contributed by atoms with Gasteiger partial charge in [-0.2, -0.15) is 22.0 Å². The zero-order valence-corrected chi connectivity index (χ0v) is 17.1. The highest BCUT2D eigenvalue weighted by atomic mass is 32.2. The Balaban J connectivity index is 2.10. The van der Waals surface area contributed by atoms with Crippen LogP contribution < -0.4 is 10.1 Å². The highest BCUT2D eigenvalue weighted by Gasteiger charge is 2.58. The summed E-state index contributed by atoms with van der Waals surface area (Å²) in [5.74, 6) is -5.14. The summed E-state index contributed by atoms with van der Waals surface area (Å²) in [6, 6.07) is 5.37. The van der Waals surface area contributed by atoms with Gasteiger partial charge in [0.15, 0.2) is 22.3 Å². The number of imidazole rings is 1. The maximum atomic E-state index is 13.2. The van der Waals surface area contributed by atoms with Crippen molar-refractivity contribution >= 4 is 21.2 Å². The van der Waals surface area contributed by atoms with Crippen LogP contribution in [-0.4, -0.2) is 54.3 Å². The Morgan fingerprint density at radius 3 is 2.48 bits per heavy atom. The molecular formula is C18H17F5N4O3S. The smallest absolute Gasteiger partial charge is 0.456 e. The number of anilines is 1. The molecule has 0 saturated carbocycles. The first-order chi connectivity index (χ1) is 14.4. The van der Waals surface area contributed by atoms with Crippen molar-refractivity contribution in [1.29, 1.82) is 0 Å². The molecule has 7 nitrogen and oxygen atoms in total. The summed E-state index contributed by atoms with van der Waals surface area (Å²) in [5.41, 5.74) is 0.0541. The maximum Gasteiger partial charge on any atom is 0.456 e. The molecule has 0 radical (unpaired) electrons. The average molecular weight is 464 g/mol. The third-order valence-corrected chi connectivity index (χ3v) is 6.16. The van der Waals surface area contributed by atoms with Crippen LogP contribution in [0.4, 0.5) is 27.8 Å². The summed E-state index contributed by atoms with van der Waals surface area (Å²) >= 11 is 0. The average Bonchev–Trinajstić information content (AvgIpc) is 3.15. The summed E-state index contributed by atoms with van der Waals surface area (Å²) in [6.45, 7) is -0.457. The lowest BCUT2D eigenvalue weighted by Gasteiger charge is -2.20. The number of alkyl halides is 5. The molecular weight excluding hydrogens is 447 g/mol. The maximum absolute atomic E-state index is 13.2. The lowest BCUT2D eigenvalue weighted by molar-refractivity contribution is -0.289. The van der Waals surface area contributed by atoms with Crippen LogP contribution in [0.5, 0.6) is 5.75 Å². The van der Waals surface area contributed by atoms with Crippen molar-refractivity contribution in [3.05, 3.63) is 36.7 Å². The normalized spacial score (nSPS) is 12.9. The SMILES string of the molecule is CCS(=O)(=O)c1ccc(NC)nc1-c1ncc2c(OCC(F)(F)C(F)(F)F)cccn12. The fraction of sp³-hybridized carbons (Fsp3) is 0.333. The molecule has 13 heteroatoms. The second-order valence-corrected chi connectivity index (χ2v) is 8.64. The van der Waals surface area contributed by atoms with Crippen LogP contribution >= 0.6 is 0 Å². The Labute approximate surface area is 173 Å². The number of nitrogens with zero attached hydrogens (tertiary/aromatic N) is 3. The minimum absolute atomic E-state index is 0.00790. The molecule has 3 aromatic rings. The molecule has 0 unspecified atom stereocenters. The fourth-order valence-electron chi connectivity index (χ4n) is 2.70. The van der Waals surface area contributed by atoms with E-state index in [1.165, 1.54) is 48.0 Å². The molecule has 0 bridgehead atoms. The molecule has 1 N–H and O–H groups in total. The van der Waals surface area contributed by atoms with Crippen molar-refractivity contribution < 1.29 is 35.1 Å². The van der Waals surface area contributed by atoms with E-state index < -0.39 is 28.5 Å². The van der Waals surface area contributed by atoms with Gasteiger partial charge in [0.2, 0.25) is 0 Å². The minimum atomic E-state index is -5.76. The standard InChI is InChI=1S/C18H17F5N4O3S/c1-3-31(28,29)13-6-7-14(24-2)26-15(13)16-25-9-11-12(5-4-8-27(11)16)30-10-17(19,20)18(21,22)23/h4-9H,3,10H2,1-2H3,(H,24,26). The third kappa shape index (κ3) is 4.27. The Bertz CT molecular complexity index is 1210. The zero-order valence-electron chi connectivity index (χ0n) is 16.2. The first-order valence-electron chi connectivity index (χ1n) is 8.86. The van der Waals surface area contributed by atoms with E-state index in [4.69, 9.17) is 4.74 Å². The summed E-state index contributed by atoms with van der Waals surface area (Å²) in [6.07, 6.45) is -3.15. The quantitative estimate of drug-likeness (QED) is 0.536. The fourth-order valence-corrected chi connectivity index (χ4v) is 3.71. The second-order valence-electron chi connectivity index (χ2n) is 6.40. The summed E-state index contributed by atoms with van der Waals surface area (Å²) < 4.78 is 94.8. The highest BCUT2D eigenvalue weighted by molar-refractivity contribution is 7.91. The predicted molar refractivity (Wildman–Crippen MR) is 102 cm³/mol. The Morgan fingerprint density at radius 1 is 1.16 bits per heavy atom. The van der Waals surface area contributed by atoms with Gasteiger partial charge < -0.3 is 10.1 Å². The lowest BCUT2D eigenvalue weighted by atomic mass is 10.3. The van der Waals surface area contributed by atoms with E-state index in [1.807, 2.05) is 0 Å². The molecule has 0 aliphatic rings. The van der Waals surface area contributed by atoms with Gasteiger partial charge in [-0.15, -0.1) is 0 Å². The predicted octanol–water partition coefficient (Wildman–Crippen LogP) is 3.81. The molecule has 0 saturated heterocycles. The van der Waals surface area contributed by atoms with Crippen LogP contribution in [0.1, 0.15) is 6.92 Å². The number of hydrogen-bond donors (Lipinski definition) is 1. The van der Waals surface area contributed by atoms with Crippen molar-refractivity contribution in [2.75, 3.05) is 24.7 Å². The van der Waals surface area contributed by atoms with Crippen LogP contribution in [0, 0.1) is 0 Å². The summed E-state index contributed by atoms with van der Waals surface area (Å²) in [7, 11) is -2.12. The molecule has 3 rings (SSSR count). The van der Waals surface area contributed by atoms with Crippen molar-refractivity contribution in [2.24, 2.45) is 0 Å². The third-order valence-electron chi connectivity index (χ3n) is 4.40. The molecule has 31 heavy (non-hydrogen) atoms. The van der Waals surface area contributed by atoms with Crippen LogP contribution in [0.15, 0.2) is 41.6 Å². The number of fused-ring (bicyclic) bond motifs is 1. The first kappa shape index (κ1) is 22.7. The molecule has 0 spiro atoms. The topological polar surface area (TPSA) is 85.6 Å². The van der Waals surface area contributed by atoms with Gasteiger partial charge in [-0.3, -0.25) is 4.40 Å². The summed E-state index contributed by atoms with van der Waals surface area (Å²) in [4.78, 5) is 8.28. The van der Waals surface area contributed by atoms with Gasteiger partial charge >= 0.3 is 12.1 Å². The van der Waals surface area contributed by atoms with Crippen LogP contribution in [-0.2, 0) is 9.84 Å². The van der Waals surface area contributed by atoms with Gasteiger partial charge in [0.05, 0.1) is 16.8 Å². The second kappa shape index (κ2) is 7.94. The first-order valence-corrected chi connectivity index (χ1v) is 10.5. The van der Waals surface area contributed by atoms with E-state index in [-0.39, 0.29) is 33.4 Å². The molecule has 0 aromatic carbocycles. The number of ether oxygens (including phenoxy) is 1. The van der Waals surface area contributed by atoms with Crippen LogP contribution in [0.2, 0.25) is 0 Å². The van der Waals surface area contributed by atoms with Crippen molar-refractivity contribution in [3.8, 4) is 17.3 Å².